The van der Waals surface area contributed by atoms with Crippen LogP contribution < -0.4 is 20.5 Å². The number of pyridine rings is 1. The summed E-state index contributed by atoms with van der Waals surface area (Å²) in [5.41, 5.74) is 5.19. The minimum Gasteiger partial charge on any atom is -0.494 e. The molecular formula is C32H31ClFN5O5. The predicted octanol–water partition coefficient (Wildman–Crippen LogP) is 4.40. The Hall–Kier alpha value is -4.22. The molecule has 0 saturated heterocycles. The maximum atomic E-state index is 14.4. The fourth-order valence-corrected chi connectivity index (χ4v) is 6.17. The lowest BCUT2D eigenvalue weighted by Gasteiger charge is -2.30. The molecule has 2 fully saturated rings. The molecule has 2 aromatic heterocycles. The molecule has 0 spiro atoms. The molecule has 4 N–H and O–H groups in total. The highest BCUT2D eigenvalue weighted by atomic mass is 35.5. The van der Waals surface area contributed by atoms with Gasteiger partial charge >= 0.3 is 0 Å². The van der Waals surface area contributed by atoms with Crippen LogP contribution in [0.2, 0.25) is 5.02 Å². The number of hydrogen-bond acceptors (Lipinski definition) is 7. The van der Waals surface area contributed by atoms with E-state index < -0.39 is 28.6 Å². The number of amides is 2. The summed E-state index contributed by atoms with van der Waals surface area (Å²) in [5, 5.41) is 20.7. The Labute approximate surface area is 257 Å². The van der Waals surface area contributed by atoms with E-state index in [1.165, 1.54) is 25.3 Å². The van der Waals surface area contributed by atoms with Crippen LogP contribution in [0.5, 0.6) is 11.5 Å². The molecule has 3 heterocycles. The van der Waals surface area contributed by atoms with Gasteiger partial charge < -0.3 is 25.6 Å². The van der Waals surface area contributed by atoms with E-state index in [9.17, 15) is 19.1 Å². The molecule has 2 aliphatic carbocycles. The highest BCUT2D eigenvalue weighted by molar-refractivity contribution is 6.30. The van der Waals surface area contributed by atoms with E-state index in [1.54, 1.807) is 25.1 Å². The van der Waals surface area contributed by atoms with Crippen molar-refractivity contribution < 1.29 is 28.6 Å². The number of rotatable bonds is 9. The zero-order valence-corrected chi connectivity index (χ0v) is 24.9. The fourth-order valence-electron chi connectivity index (χ4n) is 5.95. The summed E-state index contributed by atoms with van der Waals surface area (Å²) in [6, 6.07) is 9.33. The second-order valence-corrected chi connectivity index (χ2v) is 12.7. The van der Waals surface area contributed by atoms with E-state index in [0.717, 1.165) is 18.2 Å². The van der Waals surface area contributed by atoms with E-state index in [1.807, 2.05) is 10.9 Å². The van der Waals surface area contributed by atoms with E-state index in [0.29, 0.717) is 46.8 Å². The first kappa shape index (κ1) is 28.5. The topological polar surface area (TPSA) is 142 Å². The molecule has 0 bridgehead atoms. The standard InChI is InChI=1S/C32H31ClFN5O5/c1-31(30(35)41)15-44-28-23(31)12-25(37-27(28)16-8-20(33)11-21(34)9-16)32(42,19-3-4-19)14-36-29(40)17-7-18-13-39(22-5-6-22)38-26(18)24(10-17)43-2/h7-13,19,22,42H,3-6,14-15H2,1-2H3,(H2,35,41)(H,36,40)/t31-,32?/m0/s1. The van der Waals surface area contributed by atoms with Crippen LogP contribution in [0.15, 0.2) is 42.6 Å². The second-order valence-electron chi connectivity index (χ2n) is 12.2. The number of nitrogens with two attached hydrogens (primary N) is 1. The molecule has 10 nitrogen and oxygen atoms in total. The molecule has 7 rings (SSSR count). The number of hydrogen-bond donors (Lipinski definition) is 3. The lowest BCUT2D eigenvalue weighted by atomic mass is 9.81. The summed E-state index contributed by atoms with van der Waals surface area (Å²) in [5.74, 6) is -1.07. The zero-order chi connectivity index (χ0) is 31.0. The van der Waals surface area contributed by atoms with Gasteiger partial charge in [0.2, 0.25) is 5.91 Å². The molecule has 4 aromatic rings. The summed E-state index contributed by atoms with van der Waals surface area (Å²) in [6.07, 6.45) is 5.46. The zero-order valence-electron chi connectivity index (χ0n) is 24.2. The smallest absolute Gasteiger partial charge is 0.251 e. The van der Waals surface area contributed by atoms with Gasteiger partial charge in [0.05, 0.1) is 25.4 Å². The maximum Gasteiger partial charge on any atom is 0.251 e. The number of aromatic nitrogens is 3. The van der Waals surface area contributed by atoms with Gasteiger partial charge in [0, 0.05) is 33.3 Å². The third-order valence-electron chi connectivity index (χ3n) is 8.96. The van der Waals surface area contributed by atoms with Crippen molar-refractivity contribution in [1.82, 2.24) is 20.1 Å². The Kier molecular flexibility index (Phi) is 6.60. The number of carbonyl (C=O) groups is 2. The number of carbonyl (C=O) groups excluding carboxylic acids is 2. The second kappa shape index (κ2) is 10.2. The SMILES string of the molecule is COc1cc(C(=O)NCC(O)(c2cc3c(c(-c4cc(F)cc(Cl)c4)n2)OC[C@]3(C)C(N)=O)C2CC2)cc2cn(C3CC3)nc12. The largest absolute Gasteiger partial charge is 0.494 e. The van der Waals surface area contributed by atoms with Gasteiger partial charge in [-0.2, -0.15) is 5.10 Å². The van der Waals surface area contributed by atoms with E-state index in [4.69, 9.17) is 31.8 Å². The van der Waals surface area contributed by atoms with Crippen molar-refractivity contribution in [3.8, 4) is 22.8 Å². The lowest BCUT2D eigenvalue weighted by Crippen LogP contribution is -2.44. The van der Waals surface area contributed by atoms with Crippen LogP contribution in [-0.2, 0) is 15.8 Å². The number of ether oxygens (including phenoxy) is 2. The number of fused-ring (bicyclic) bond motifs is 2. The van der Waals surface area contributed by atoms with Crippen molar-refractivity contribution in [3.63, 3.8) is 0 Å². The van der Waals surface area contributed by atoms with Gasteiger partial charge in [0.25, 0.3) is 5.91 Å². The predicted molar refractivity (Wildman–Crippen MR) is 160 cm³/mol. The van der Waals surface area contributed by atoms with Crippen LogP contribution in [0.4, 0.5) is 4.39 Å². The van der Waals surface area contributed by atoms with Gasteiger partial charge in [-0.25, -0.2) is 9.37 Å². The van der Waals surface area contributed by atoms with Gasteiger partial charge in [-0.05, 0) is 74.9 Å². The Morgan fingerprint density at radius 2 is 2.00 bits per heavy atom. The van der Waals surface area contributed by atoms with Crippen LogP contribution in [0, 0.1) is 11.7 Å². The Balaban J connectivity index is 1.26. The van der Waals surface area contributed by atoms with Gasteiger partial charge in [-0.15, -0.1) is 0 Å². The minimum absolute atomic E-state index is 0.0426. The number of halogens is 2. The van der Waals surface area contributed by atoms with Crippen molar-refractivity contribution in [2.75, 3.05) is 20.3 Å². The number of benzene rings is 2. The molecule has 12 heteroatoms. The van der Waals surface area contributed by atoms with Crippen LogP contribution in [0.1, 0.15) is 60.3 Å². The monoisotopic (exact) mass is 619 g/mol. The number of methoxy groups -OCH3 is 1. The van der Waals surface area contributed by atoms with Gasteiger partial charge in [0.15, 0.2) is 0 Å². The molecule has 228 valence electrons. The summed E-state index contributed by atoms with van der Waals surface area (Å²) >= 11 is 6.17. The Morgan fingerprint density at radius 3 is 2.66 bits per heavy atom. The quantitative estimate of drug-likeness (QED) is 0.252. The summed E-state index contributed by atoms with van der Waals surface area (Å²) in [6.45, 7) is 1.45. The minimum atomic E-state index is -1.61. The average Bonchev–Trinajstić information content (AvgIpc) is 3.94. The highest BCUT2D eigenvalue weighted by Gasteiger charge is 2.50. The first-order valence-corrected chi connectivity index (χ1v) is 14.9. The Morgan fingerprint density at radius 1 is 1.23 bits per heavy atom. The van der Waals surface area contributed by atoms with Gasteiger partial charge in [0.1, 0.15) is 46.1 Å². The van der Waals surface area contributed by atoms with E-state index in [2.05, 4.69) is 10.4 Å². The number of aliphatic hydroxyl groups is 1. The van der Waals surface area contributed by atoms with Gasteiger partial charge in [-0.3, -0.25) is 14.3 Å². The third kappa shape index (κ3) is 4.75. The Bertz CT molecular complexity index is 1830. The molecule has 2 saturated carbocycles. The van der Waals surface area contributed by atoms with E-state index >= 15 is 0 Å². The van der Waals surface area contributed by atoms with Crippen LogP contribution in [0.3, 0.4) is 0 Å². The van der Waals surface area contributed by atoms with Crippen molar-refractivity contribution in [2.45, 2.75) is 49.7 Å². The van der Waals surface area contributed by atoms with Crippen molar-refractivity contribution >= 4 is 34.3 Å². The lowest BCUT2D eigenvalue weighted by molar-refractivity contribution is -0.123. The molecule has 1 unspecified atom stereocenters. The van der Waals surface area contributed by atoms with Crippen LogP contribution in [-0.4, -0.2) is 51.9 Å². The first-order chi connectivity index (χ1) is 21.0. The highest BCUT2D eigenvalue weighted by Crippen LogP contribution is 2.50. The summed E-state index contributed by atoms with van der Waals surface area (Å²) in [7, 11) is 1.53. The summed E-state index contributed by atoms with van der Waals surface area (Å²) in [4.78, 5) is 30.9. The molecule has 0 radical (unpaired) electrons. The molecular weight excluding hydrogens is 589 g/mol. The number of nitrogens with zero attached hydrogens (tertiary/aromatic N) is 3. The fraction of sp³-hybridized carbons (Fsp3) is 0.375. The van der Waals surface area contributed by atoms with Crippen molar-refractivity contribution in [1.29, 1.82) is 0 Å². The van der Waals surface area contributed by atoms with Crippen molar-refractivity contribution in [3.05, 3.63) is 70.3 Å². The van der Waals surface area contributed by atoms with Crippen molar-refractivity contribution in [2.24, 2.45) is 11.7 Å². The summed E-state index contributed by atoms with van der Waals surface area (Å²) < 4.78 is 27.8. The normalized spacial score (nSPS) is 20.6. The van der Waals surface area contributed by atoms with E-state index in [-0.39, 0.29) is 41.2 Å². The van der Waals surface area contributed by atoms with Gasteiger partial charge in [-0.1, -0.05) is 11.6 Å². The van der Waals surface area contributed by atoms with Crippen LogP contribution in [0.25, 0.3) is 22.2 Å². The maximum absolute atomic E-state index is 14.4. The molecule has 3 aliphatic rings. The molecule has 2 amide bonds. The molecule has 1 aliphatic heterocycles. The van der Waals surface area contributed by atoms with Crippen LogP contribution >= 0.6 is 11.6 Å². The third-order valence-corrected chi connectivity index (χ3v) is 9.18. The molecule has 44 heavy (non-hydrogen) atoms. The number of nitrogens with one attached hydrogen (secondary N) is 1. The number of primary amides is 1. The average molecular weight is 620 g/mol. The molecule has 2 aromatic carbocycles. The first-order valence-electron chi connectivity index (χ1n) is 14.5. The molecule has 2 atom stereocenters.